The summed E-state index contributed by atoms with van der Waals surface area (Å²) < 4.78 is 1.82. The Morgan fingerprint density at radius 1 is 0.903 bits per heavy atom. The molecule has 0 spiro atoms. The van der Waals surface area contributed by atoms with Crippen LogP contribution in [0, 0.1) is 13.8 Å². The lowest BCUT2D eigenvalue weighted by atomic mass is 10.2. The van der Waals surface area contributed by atoms with Crippen LogP contribution in [-0.2, 0) is 0 Å². The highest BCUT2D eigenvalue weighted by molar-refractivity contribution is 5.94. The van der Waals surface area contributed by atoms with Crippen molar-refractivity contribution in [2.75, 3.05) is 31.1 Å². The molecule has 0 aliphatic carbocycles. The zero-order valence-corrected chi connectivity index (χ0v) is 17.4. The van der Waals surface area contributed by atoms with E-state index in [2.05, 4.69) is 29.9 Å². The molecule has 1 amide bonds. The zero-order chi connectivity index (χ0) is 21.4. The molecule has 0 atom stereocenters. The van der Waals surface area contributed by atoms with Gasteiger partial charge < -0.3 is 9.80 Å². The number of carbonyl (C=O) groups is 1. The monoisotopic (exact) mass is 414 g/mol. The lowest BCUT2D eigenvalue weighted by molar-refractivity contribution is 0.0740. The lowest BCUT2D eigenvalue weighted by Crippen LogP contribution is -2.49. The van der Waals surface area contributed by atoms with Gasteiger partial charge in [0, 0.05) is 37.9 Å². The third kappa shape index (κ3) is 3.70. The zero-order valence-electron chi connectivity index (χ0n) is 17.4. The second-order valence-corrected chi connectivity index (χ2v) is 7.60. The number of rotatable bonds is 3. The van der Waals surface area contributed by atoms with E-state index in [0.717, 1.165) is 34.1 Å². The third-order valence-corrected chi connectivity index (χ3v) is 5.42. The number of para-hydroxylation sites is 2. The highest BCUT2D eigenvalue weighted by Crippen LogP contribution is 2.18. The van der Waals surface area contributed by atoms with E-state index in [-0.39, 0.29) is 5.91 Å². The van der Waals surface area contributed by atoms with E-state index < -0.39 is 0 Å². The number of anilines is 1. The Balaban J connectivity index is 1.29. The topological polar surface area (TPSA) is 92.9 Å². The predicted molar refractivity (Wildman–Crippen MR) is 116 cm³/mol. The van der Waals surface area contributed by atoms with Crippen LogP contribution in [-0.4, -0.2) is 66.7 Å². The number of nitrogens with zero attached hydrogens (tertiary/aromatic N) is 8. The van der Waals surface area contributed by atoms with Crippen LogP contribution in [0.25, 0.3) is 16.9 Å². The van der Waals surface area contributed by atoms with E-state index in [1.807, 2.05) is 59.8 Å². The van der Waals surface area contributed by atoms with E-state index in [1.165, 1.54) is 0 Å². The van der Waals surface area contributed by atoms with Gasteiger partial charge in [-0.05, 0) is 32.0 Å². The molecule has 9 heteroatoms. The minimum absolute atomic E-state index is 0.0936. The fourth-order valence-corrected chi connectivity index (χ4v) is 3.85. The summed E-state index contributed by atoms with van der Waals surface area (Å²) in [7, 11) is 0. The first-order valence-corrected chi connectivity index (χ1v) is 10.2. The molecule has 156 valence electrons. The van der Waals surface area contributed by atoms with Crippen molar-refractivity contribution < 1.29 is 4.79 Å². The summed E-state index contributed by atoms with van der Waals surface area (Å²) in [6.45, 7) is 6.50. The van der Waals surface area contributed by atoms with Crippen molar-refractivity contribution in [2.45, 2.75) is 13.8 Å². The van der Waals surface area contributed by atoms with Crippen LogP contribution < -0.4 is 4.90 Å². The van der Waals surface area contributed by atoms with Gasteiger partial charge in [0.15, 0.2) is 5.82 Å². The van der Waals surface area contributed by atoms with Crippen LogP contribution in [0.4, 0.5) is 5.82 Å². The highest BCUT2D eigenvalue weighted by atomic mass is 16.2. The van der Waals surface area contributed by atoms with E-state index in [1.54, 1.807) is 12.5 Å². The molecule has 4 heterocycles. The first kappa shape index (κ1) is 19.1. The Morgan fingerprint density at radius 3 is 2.39 bits per heavy atom. The number of benzene rings is 1. The molecule has 9 nitrogen and oxygen atoms in total. The number of carbonyl (C=O) groups excluding carboxylic acids is 1. The molecule has 1 fully saturated rings. The SMILES string of the molecule is Cc1cc(C)n(-c2cc(N3CCN(C(=O)c4cnc5ccccc5n4)CC3)ncn2)n1. The predicted octanol–water partition coefficient (Wildman–Crippen LogP) is 2.18. The number of fused-ring (bicyclic) bond motifs is 1. The Kier molecular flexibility index (Phi) is 4.78. The maximum absolute atomic E-state index is 12.9. The van der Waals surface area contributed by atoms with Gasteiger partial charge in [-0.1, -0.05) is 12.1 Å². The summed E-state index contributed by atoms with van der Waals surface area (Å²) in [5, 5.41) is 4.50. The summed E-state index contributed by atoms with van der Waals surface area (Å²) in [5.41, 5.74) is 3.85. The minimum Gasteiger partial charge on any atom is -0.353 e. The van der Waals surface area contributed by atoms with Crippen molar-refractivity contribution >= 4 is 22.8 Å². The molecule has 1 aromatic carbocycles. The number of amides is 1. The second-order valence-electron chi connectivity index (χ2n) is 7.60. The Morgan fingerprint density at radius 2 is 1.65 bits per heavy atom. The number of aryl methyl sites for hydroxylation is 2. The van der Waals surface area contributed by atoms with Crippen LogP contribution in [0.15, 0.2) is 48.9 Å². The molecule has 0 unspecified atom stereocenters. The molecular formula is C22H22N8O. The number of hydrogen-bond donors (Lipinski definition) is 0. The lowest BCUT2D eigenvalue weighted by Gasteiger charge is -2.35. The normalized spacial score (nSPS) is 14.3. The van der Waals surface area contributed by atoms with Crippen molar-refractivity contribution in [3.8, 4) is 5.82 Å². The van der Waals surface area contributed by atoms with Gasteiger partial charge in [0.1, 0.15) is 17.8 Å². The van der Waals surface area contributed by atoms with Gasteiger partial charge in [0.25, 0.3) is 5.91 Å². The average molecular weight is 414 g/mol. The quantitative estimate of drug-likeness (QED) is 0.507. The first-order chi connectivity index (χ1) is 15.1. The molecule has 4 aromatic rings. The fourth-order valence-electron chi connectivity index (χ4n) is 3.85. The van der Waals surface area contributed by atoms with Crippen molar-refractivity contribution in [3.05, 3.63) is 66.0 Å². The molecular weight excluding hydrogens is 392 g/mol. The number of aromatic nitrogens is 6. The Hall–Kier alpha value is -3.88. The number of piperazine rings is 1. The molecule has 0 bridgehead atoms. The standard InChI is InChI=1S/C22H22N8O/c1-15-11-16(2)30(27-15)21-12-20(24-14-25-21)28-7-9-29(10-8-28)22(31)19-13-23-17-5-3-4-6-18(17)26-19/h3-6,11-14H,7-10H2,1-2H3. The van der Waals surface area contributed by atoms with Gasteiger partial charge in [-0.15, -0.1) is 0 Å². The molecule has 0 radical (unpaired) electrons. The molecule has 31 heavy (non-hydrogen) atoms. The fraction of sp³-hybridized carbons (Fsp3) is 0.273. The van der Waals surface area contributed by atoms with Crippen LogP contribution in [0.3, 0.4) is 0 Å². The molecule has 0 N–H and O–H groups in total. The second kappa shape index (κ2) is 7.75. The van der Waals surface area contributed by atoms with Crippen molar-refractivity contribution in [1.29, 1.82) is 0 Å². The Labute approximate surface area is 179 Å². The van der Waals surface area contributed by atoms with Gasteiger partial charge >= 0.3 is 0 Å². The smallest absolute Gasteiger partial charge is 0.274 e. The molecule has 1 saturated heterocycles. The molecule has 0 saturated carbocycles. The molecule has 5 rings (SSSR count). The summed E-state index contributed by atoms with van der Waals surface area (Å²) in [5.74, 6) is 1.47. The Bertz CT molecular complexity index is 1260. The third-order valence-electron chi connectivity index (χ3n) is 5.42. The van der Waals surface area contributed by atoms with E-state index in [4.69, 9.17) is 0 Å². The van der Waals surface area contributed by atoms with E-state index in [0.29, 0.717) is 31.9 Å². The minimum atomic E-state index is -0.0936. The summed E-state index contributed by atoms with van der Waals surface area (Å²) in [6, 6.07) is 11.5. The van der Waals surface area contributed by atoms with Gasteiger partial charge in [-0.2, -0.15) is 5.10 Å². The van der Waals surface area contributed by atoms with Gasteiger partial charge in [0.05, 0.1) is 22.9 Å². The van der Waals surface area contributed by atoms with Gasteiger partial charge in [-0.3, -0.25) is 9.78 Å². The van der Waals surface area contributed by atoms with Crippen LogP contribution >= 0.6 is 0 Å². The van der Waals surface area contributed by atoms with Crippen molar-refractivity contribution in [3.63, 3.8) is 0 Å². The average Bonchev–Trinajstić information content (AvgIpc) is 3.16. The highest BCUT2D eigenvalue weighted by Gasteiger charge is 2.24. The van der Waals surface area contributed by atoms with Gasteiger partial charge in [-0.25, -0.2) is 19.6 Å². The van der Waals surface area contributed by atoms with Crippen LogP contribution in [0.5, 0.6) is 0 Å². The molecule has 3 aromatic heterocycles. The largest absolute Gasteiger partial charge is 0.353 e. The van der Waals surface area contributed by atoms with Crippen LogP contribution in [0.2, 0.25) is 0 Å². The summed E-state index contributed by atoms with van der Waals surface area (Å²) in [6.07, 6.45) is 3.12. The van der Waals surface area contributed by atoms with Gasteiger partial charge in [0.2, 0.25) is 0 Å². The molecule has 1 aliphatic heterocycles. The summed E-state index contributed by atoms with van der Waals surface area (Å²) in [4.78, 5) is 34.6. The van der Waals surface area contributed by atoms with Crippen molar-refractivity contribution in [1.82, 2.24) is 34.6 Å². The van der Waals surface area contributed by atoms with E-state index >= 15 is 0 Å². The maximum atomic E-state index is 12.9. The first-order valence-electron chi connectivity index (χ1n) is 10.2. The number of hydrogen-bond acceptors (Lipinski definition) is 7. The van der Waals surface area contributed by atoms with Crippen molar-refractivity contribution in [2.24, 2.45) is 0 Å². The maximum Gasteiger partial charge on any atom is 0.274 e. The van der Waals surface area contributed by atoms with E-state index in [9.17, 15) is 4.79 Å². The molecule has 1 aliphatic rings. The van der Waals surface area contributed by atoms with Crippen LogP contribution in [0.1, 0.15) is 21.9 Å². The summed E-state index contributed by atoms with van der Waals surface area (Å²) >= 11 is 0.